The summed E-state index contributed by atoms with van der Waals surface area (Å²) in [4.78, 5) is 0. The van der Waals surface area contributed by atoms with Crippen LogP contribution in [0.15, 0.2) is 71.8 Å². The van der Waals surface area contributed by atoms with Crippen LogP contribution in [0.2, 0.25) is 0 Å². The molecule has 3 rings (SSSR count). The average Bonchev–Trinajstić information content (AvgIpc) is 2.81. The van der Waals surface area contributed by atoms with E-state index in [4.69, 9.17) is 19.5 Å². The number of benzene rings is 3. The Morgan fingerprint density at radius 3 is 2.53 bits per heavy atom. The molecule has 0 aliphatic heterocycles. The molecule has 3 aromatic rings. The van der Waals surface area contributed by atoms with Crippen LogP contribution in [0.1, 0.15) is 22.3 Å². The lowest BCUT2D eigenvalue weighted by atomic mass is 10.1. The van der Waals surface area contributed by atoms with Crippen LogP contribution in [0.4, 0.5) is 0 Å². The zero-order chi connectivity index (χ0) is 21.2. The smallest absolute Gasteiger partial charge is 0.161 e. The van der Waals surface area contributed by atoms with Gasteiger partial charge in [-0.1, -0.05) is 30.3 Å². The molecule has 0 saturated heterocycles. The van der Waals surface area contributed by atoms with Crippen LogP contribution in [0.25, 0.3) is 0 Å². The number of ether oxygens (including phenoxy) is 3. The Morgan fingerprint density at radius 1 is 0.900 bits per heavy atom. The fourth-order valence-electron chi connectivity index (χ4n) is 2.85. The van der Waals surface area contributed by atoms with Crippen LogP contribution in [-0.4, -0.2) is 20.4 Å². The summed E-state index contributed by atoms with van der Waals surface area (Å²) < 4.78 is 16.5. The third-order valence-corrected chi connectivity index (χ3v) is 4.40. The first kappa shape index (κ1) is 20.7. The quantitative estimate of drug-likeness (QED) is 0.428. The summed E-state index contributed by atoms with van der Waals surface area (Å²) in [6.07, 6.45) is 1.72. The monoisotopic (exact) mass is 401 g/mol. The summed E-state index contributed by atoms with van der Waals surface area (Å²) in [6.45, 7) is 0.917. The molecule has 0 bridgehead atoms. The van der Waals surface area contributed by atoms with Gasteiger partial charge in [0.2, 0.25) is 0 Å². The third kappa shape index (κ3) is 5.52. The van der Waals surface area contributed by atoms with E-state index in [0.29, 0.717) is 30.2 Å². The van der Waals surface area contributed by atoms with Crippen molar-refractivity contribution in [3.05, 3.63) is 89.0 Å². The maximum atomic E-state index is 9.02. The maximum Gasteiger partial charge on any atom is 0.161 e. The molecular weight excluding hydrogens is 378 g/mol. The number of rotatable bonds is 9. The molecule has 0 amide bonds. The number of hydrogen-bond donors (Lipinski definition) is 1. The van der Waals surface area contributed by atoms with Gasteiger partial charge in [-0.25, -0.2) is 0 Å². The van der Waals surface area contributed by atoms with Crippen molar-refractivity contribution >= 4 is 6.21 Å². The molecule has 0 fully saturated rings. The van der Waals surface area contributed by atoms with E-state index >= 15 is 0 Å². The molecule has 0 radical (unpaired) electrons. The molecule has 30 heavy (non-hydrogen) atoms. The molecule has 0 atom stereocenters. The SMILES string of the molecule is COc1ccc(CN/N=C\c2ccccc2OCc2cccc(C#N)c2)cc1OC. The van der Waals surface area contributed by atoms with Gasteiger partial charge >= 0.3 is 0 Å². The van der Waals surface area contributed by atoms with E-state index in [2.05, 4.69) is 16.6 Å². The minimum atomic E-state index is 0.374. The van der Waals surface area contributed by atoms with E-state index in [1.54, 1.807) is 26.5 Å². The summed E-state index contributed by atoms with van der Waals surface area (Å²) in [5.74, 6) is 2.09. The van der Waals surface area contributed by atoms with Gasteiger partial charge in [-0.15, -0.1) is 0 Å². The molecule has 0 aromatic heterocycles. The standard InChI is InChI=1S/C24H23N3O3/c1-28-23-11-10-19(13-24(23)29-2)15-26-27-16-21-8-3-4-9-22(21)30-17-20-7-5-6-18(12-20)14-25/h3-13,16,26H,15,17H2,1-2H3/b27-16-. The van der Waals surface area contributed by atoms with Crippen molar-refractivity contribution in [1.82, 2.24) is 5.43 Å². The molecule has 152 valence electrons. The van der Waals surface area contributed by atoms with Gasteiger partial charge in [0, 0.05) is 5.56 Å². The summed E-state index contributed by atoms with van der Waals surface area (Å²) in [5, 5.41) is 13.3. The van der Waals surface area contributed by atoms with E-state index < -0.39 is 0 Å². The normalized spacial score (nSPS) is 10.4. The number of hydrazone groups is 1. The van der Waals surface area contributed by atoms with Gasteiger partial charge in [-0.05, 0) is 47.5 Å². The van der Waals surface area contributed by atoms with Gasteiger partial charge in [-0.2, -0.15) is 10.4 Å². The first-order chi connectivity index (χ1) is 14.7. The zero-order valence-electron chi connectivity index (χ0n) is 17.0. The van der Waals surface area contributed by atoms with Crippen molar-refractivity contribution in [2.75, 3.05) is 14.2 Å². The first-order valence-corrected chi connectivity index (χ1v) is 9.41. The lowest BCUT2D eigenvalue weighted by molar-refractivity contribution is 0.306. The Hall–Kier alpha value is -3.98. The molecule has 1 N–H and O–H groups in total. The van der Waals surface area contributed by atoms with Crippen molar-refractivity contribution in [2.45, 2.75) is 13.2 Å². The number of para-hydroxylation sites is 1. The molecule has 0 spiro atoms. The molecule has 0 aliphatic rings. The van der Waals surface area contributed by atoms with Crippen LogP contribution in [0.3, 0.4) is 0 Å². The molecule has 6 nitrogen and oxygen atoms in total. The zero-order valence-corrected chi connectivity index (χ0v) is 17.0. The van der Waals surface area contributed by atoms with Gasteiger partial charge < -0.3 is 19.6 Å². The second kappa shape index (κ2) is 10.5. The molecule has 0 heterocycles. The minimum absolute atomic E-state index is 0.374. The van der Waals surface area contributed by atoms with E-state index in [1.807, 2.05) is 60.7 Å². The molecule has 3 aromatic carbocycles. The highest BCUT2D eigenvalue weighted by molar-refractivity contribution is 5.83. The van der Waals surface area contributed by atoms with Crippen molar-refractivity contribution < 1.29 is 14.2 Å². The summed E-state index contributed by atoms with van der Waals surface area (Å²) in [6, 6.07) is 22.9. The minimum Gasteiger partial charge on any atom is -0.493 e. The highest BCUT2D eigenvalue weighted by Crippen LogP contribution is 2.27. The van der Waals surface area contributed by atoms with Gasteiger partial charge in [0.25, 0.3) is 0 Å². The van der Waals surface area contributed by atoms with Gasteiger partial charge in [0.1, 0.15) is 12.4 Å². The second-order valence-electron chi connectivity index (χ2n) is 6.42. The lowest BCUT2D eigenvalue weighted by Gasteiger charge is -2.10. The highest BCUT2D eigenvalue weighted by atomic mass is 16.5. The van der Waals surface area contributed by atoms with E-state index in [0.717, 1.165) is 22.4 Å². The van der Waals surface area contributed by atoms with Crippen LogP contribution < -0.4 is 19.6 Å². The average molecular weight is 401 g/mol. The second-order valence-corrected chi connectivity index (χ2v) is 6.42. The summed E-state index contributed by atoms with van der Waals surface area (Å²) >= 11 is 0. The van der Waals surface area contributed by atoms with Gasteiger partial charge in [-0.3, -0.25) is 0 Å². The van der Waals surface area contributed by atoms with Gasteiger partial charge in [0.15, 0.2) is 11.5 Å². The maximum absolute atomic E-state index is 9.02. The van der Waals surface area contributed by atoms with Crippen molar-refractivity contribution in [1.29, 1.82) is 5.26 Å². The predicted molar refractivity (Wildman–Crippen MR) is 116 cm³/mol. The summed E-state index contributed by atoms with van der Waals surface area (Å²) in [7, 11) is 3.22. The van der Waals surface area contributed by atoms with Crippen molar-refractivity contribution in [2.24, 2.45) is 5.10 Å². The summed E-state index contributed by atoms with van der Waals surface area (Å²) in [5.41, 5.74) is 6.47. The van der Waals surface area contributed by atoms with Crippen molar-refractivity contribution in [3.63, 3.8) is 0 Å². The lowest BCUT2D eigenvalue weighted by Crippen LogP contribution is -2.06. The van der Waals surface area contributed by atoms with Crippen LogP contribution >= 0.6 is 0 Å². The molecular formula is C24H23N3O3. The highest BCUT2D eigenvalue weighted by Gasteiger charge is 2.05. The number of nitrogens with one attached hydrogen (secondary N) is 1. The van der Waals surface area contributed by atoms with Gasteiger partial charge in [0.05, 0.1) is 38.6 Å². The Labute approximate surface area is 176 Å². The first-order valence-electron chi connectivity index (χ1n) is 9.41. The number of hydrogen-bond acceptors (Lipinski definition) is 6. The molecule has 0 saturated carbocycles. The Bertz CT molecular complexity index is 1060. The fraction of sp³-hybridized carbons (Fsp3) is 0.167. The number of nitriles is 1. The molecule has 0 aliphatic carbocycles. The van der Waals surface area contributed by atoms with E-state index in [9.17, 15) is 0 Å². The third-order valence-electron chi connectivity index (χ3n) is 4.40. The largest absolute Gasteiger partial charge is 0.493 e. The molecule has 6 heteroatoms. The topological polar surface area (TPSA) is 75.9 Å². The van der Waals surface area contributed by atoms with Crippen LogP contribution in [0.5, 0.6) is 17.2 Å². The number of nitrogens with zero attached hydrogens (tertiary/aromatic N) is 2. The predicted octanol–water partition coefficient (Wildman–Crippen LogP) is 4.28. The van der Waals surface area contributed by atoms with E-state index in [-0.39, 0.29) is 0 Å². The van der Waals surface area contributed by atoms with Crippen LogP contribution in [-0.2, 0) is 13.2 Å². The van der Waals surface area contributed by atoms with Crippen LogP contribution in [0, 0.1) is 11.3 Å². The molecule has 0 unspecified atom stereocenters. The Kier molecular flexibility index (Phi) is 7.28. The van der Waals surface area contributed by atoms with E-state index in [1.165, 1.54) is 0 Å². The Morgan fingerprint density at radius 2 is 1.73 bits per heavy atom. The fourth-order valence-corrected chi connectivity index (χ4v) is 2.85. The van der Waals surface area contributed by atoms with Crippen molar-refractivity contribution in [3.8, 4) is 23.3 Å². The Balaban J connectivity index is 1.60. The number of methoxy groups -OCH3 is 2.